The molecule has 0 atom stereocenters. The molecule has 0 aliphatic heterocycles. The fourth-order valence-corrected chi connectivity index (χ4v) is 2.40. The molecule has 0 unspecified atom stereocenters. The first-order valence-electron chi connectivity index (χ1n) is 7.60. The second kappa shape index (κ2) is 7.19. The number of nitrogens with zero attached hydrogens (tertiary/aromatic N) is 1. The Hall–Kier alpha value is -2.47. The first kappa shape index (κ1) is 18.9. The Morgan fingerprint density at radius 2 is 1.84 bits per heavy atom. The third kappa shape index (κ3) is 5.00. The molecule has 0 saturated carbocycles. The SMILES string of the molecule is CC(C)(C)CN(C(=O)O)c1cc(Oc2ccc(F)c(Cl)c2)ccc1N. The van der Waals surface area contributed by atoms with E-state index in [1.807, 2.05) is 20.8 Å². The number of carboxylic acid groups (broad SMARTS) is 1. The van der Waals surface area contributed by atoms with Crippen LogP contribution in [0.15, 0.2) is 36.4 Å². The van der Waals surface area contributed by atoms with Gasteiger partial charge in [0.2, 0.25) is 0 Å². The van der Waals surface area contributed by atoms with Crippen molar-refractivity contribution in [3.05, 3.63) is 47.2 Å². The molecule has 25 heavy (non-hydrogen) atoms. The van der Waals surface area contributed by atoms with Gasteiger partial charge < -0.3 is 15.6 Å². The molecule has 0 fully saturated rings. The summed E-state index contributed by atoms with van der Waals surface area (Å²) in [6, 6.07) is 8.67. The normalized spacial score (nSPS) is 11.2. The van der Waals surface area contributed by atoms with Crippen LogP contribution in [0.5, 0.6) is 11.5 Å². The van der Waals surface area contributed by atoms with Crippen molar-refractivity contribution in [1.29, 1.82) is 0 Å². The summed E-state index contributed by atoms with van der Waals surface area (Å²) in [6.07, 6.45) is -1.11. The summed E-state index contributed by atoms with van der Waals surface area (Å²) in [7, 11) is 0. The zero-order chi connectivity index (χ0) is 18.8. The minimum Gasteiger partial charge on any atom is -0.465 e. The third-order valence-electron chi connectivity index (χ3n) is 3.28. The Bertz CT molecular complexity index is 790. The summed E-state index contributed by atoms with van der Waals surface area (Å²) < 4.78 is 18.9. The van der Waals surface area contributed by atoms with Crippen LogP contribution < -0.4 is 15.4 Å². The quantitative estimate of drug-likeness (QED) is 0.712. The highest BCUT2D eigenvalue weighted by Gasteiger charge is 2.24. The predicted octanol–water partition coefficient (Wildman–Crippen LogP) is 5.38. The van der Waals surface area contributed by atoms with E-state index in [1.54, 1.807) is 12.1 Å². The predicted molar refractivity (Wildman–Crippen MR) is 97.2 cm³/mol. The number of ether oxygens (including phenoxy) is 1. The van der Waals surface area contributed by atoms with E-state index < -0.39 is 11.9 Å². The van der Waals surface area contributed by atoms with Gasteiger partial charge in [0.25, 0.3) is 0 Å². The van der Waals surface area contributed by atoms with E-state index in [9.17, 15) is 14.3 Å². The summed E-state index contributed by atoms with van der Waals surface area (Å²) in [5, 5.41) is 9.47. The summed E-state index contributed by atoms with van der Waals surface area (Å²) in [5.41, 5.74) is 6.34. The summed E-state index contributed by atoms with van der Waals surface area (Å²) in [5.74, 6) is 0.154. The molecule has 0 bridgehead atoms. The lowest BCUT2D eigenvalue weighted by Crippen LogP contribution is -2.37. The van der Waals surface area contributed by atoms with Gasteiger partial charge >= 0.3 is 6.09 Å². The monoisotopic (exact) mass is 366 g/mol. The zero-order valence-corrected chi connectivity index (χ0v) is 15.0. The lowest BCUT2D eigenvalue weighted by Gasteiger charge is -2.28. The molecule has 3 N–H and O–H groups in total. The van der Waals surface area contributed by atoms with Crippen LogP contribution in [0, 0.1) is 11.2 Å². The molecular formula is C18H20ClFN2O3. The molecule has 134 valence electrons. The molecule has 0 spiro atoms. The largest absolute Gasteiger partial charge is 0.465 e. The second-order valence-corrected chi connectivity index (χ2v) is 7.24. The maximum Gasteiger partial charge on any atom is 0.411 e. The number of rotatable bonds is 4. The smallest absolute Gasteiger partial charge is 0.411 e. The molecule has 7 heteroatoms. The maximum absolute atomic E-state index is 13.2. The molecule has 0 aliphatic rings. The van der Waals surface area contributed by atoms with E-state index in [1.165, 1.54) is 29.2 Å². The van der Waals surface area contributed by atoms with E-state index in [4.69, 9.17) is 22.1 Å². The van der Waals surface area contributed by atoms with Crippen LogP contribution in [0.2, 0.25) is 5.02 Å². The van der Waals surface area contributed by atoms with Gasteiger partial charge in [-0.1, -0.05) is 32.4 Å². The minimum absolute atomic E-state index is 0.0620. The Morgan fingerprint density at radius 1 is 1.24 bits per heavy atom. The van der Waals surface area contributed by atoms with Crippen molar-refractivity contribution in [3.63, 3.8) is 0 Å². The number of carbonyl (C=O) groups is 1. The van der Waals surface area contributed by atoms with Crippen LogP contribution in [-0.2, 0) is 0 Å². The molecule has 2 aromatic carbocycles. The number of benzene rings is 2. The van der Waals surface area contributed by atoms with Crippen molar-refractivity contribution in [1.82, 2.24) is 0 Å². The van der Waals surface area contributed by atoms with Gasteiger partial charge in [0.05, 0.1) is 16.4 Å². The number of nitrogen functional groups attached to an aromatic ring is 1. The molecule has 2 rings (SSSR count). The van der Waals surface area contributed by atoms with E-state index in [2.05, 4.69) is 0 Å². The van der Waals surface area contributed by atoms with Gasteiger partial charge in [-0.2, -0.15) is 0 Å². The van der Waals surface area contributed by atoms with Gasteiger partial charge in [0, 0.05) is 18.7 Å². The molecule has 0 radical (unpaired) electrons. The zero-order valence-electron chi connectivity index (χ0n) is 14.2. The van der Waals surface area contributed by atoms with Gasteiger partial charge in [-0.3, -0.25) is 4.90 Å². The van der Waals surface area contributed by atoms with Gasteiger partial charge in [-0.15, -0.1) is 0 Å². The first-order chi connectivity index (χ1) is 11.6. The lowest BCUT2D eigenvalue weighted by molar-refractivity contribution is 0.198. The molecule has 2 aromatic rings. The first-order valence-corrected chi connectivity index (χ1v) is 7.97. The van der Waals surface area contributed by atoms with Gasteiger partial charge in [0.15, 0.2) is 0 Å². The lowest BCUT2D eigenvalue weighted by atomic mass is 9.96. The highest BCUT2D eigenvalue weighted by Crippen LogP contribution is 2.33. The highest BCUT2D eigenvalue weighted by atomic mass is 35.5. The second-order valence-electron chi connectivity index (χ2n) is 6.83. The van der Waals surface area contributed by atoms with Crippen LogP contribution in [-0.4, -0.2) is 17.7 Å². The molecule has 0 aromatic heterocycles. The fraction of sp³-hybridized carbons (Fsp3) is 0.278. The van der Waals surface area contributed by atoms with Crippen LogP contribution in [0.4, 0.5) is 20.6 Å². The average molecular weight is 367 g/mol. The number of hydrogen-bond donors (Lipinski definition) is 2. The van der Waals surface area contributed by atoms with Gasteiger partial charge in [-0.05, 0) is 29.7 Å². The summed E-state index contributed by atoms with van der Waals surface area (Å²) in [4.78, 5) is 12.8. The van der Waals surface area contributed by atoms with Crippen molar-refractivity contribution in [2.75, 3.05) is 17.2 Å². The maximum atomic E-state index is 13.2. The molecular weight excluding hydrogens is 347 g/mol. The Balaban J connectivity index is 2.35. The van der Waals surface area contributed by atoms with Gasteiger partial charge in [-0.25, -0.2) is 9.18 Å². The molecule has 1 amide bonds. The summed E-state index contributed by atoms with van der Waals surface area (Å²) >= 11 is 5.74. The minimum atomic E-state index is -1.11. The van der Waals surface area contributed by atoms with Crippen molar-refractivity contribution < 1.29 is 19.0 Å². The van der Waals surface area contributed by atoms with E-state index in [0.717, 1.165) is 0 Å². The number of hydrogen-bond acceptors (Lipinski definition) is 3. The fourth-order valence-electron chi connectivity index (χ4n) is 2.23. The van der Waals surface area contributed by atoms with Crippen molar-refractivity contribution in [2.45, 2.75) is 20.8 Å². The van der Waals surface area contributed by atoms with Crippen LogP contribution >= 0.6 is 11.6 Å². The van der Waals surface area contributed by atoms with Crippen LogP contribution in [0.1, 0.15) is 20.8 Å². The van der Waals surface area contributed by atoms with E-state index in [0.29, 0.717) is 22.9 Å². The topological polar surface area (TPSA) is 75.8 Å². The Morgan fingerprint density at radius 3 is 2.40 bits per heavy atom. The highest BCUT2D eigenvalue weighted by molar-refractivity contribution is 6.30. The third-order valence-corrected chi connectivity index (χ3v) is 3.57. The Kier molecular flexibility index (Phi) is 5.42. The van der Waals surface area contributed by atoms with E-state index >= 15 is 0 Å². The number of amides is 1. The van der Waals surface area contributed by atoms with Crippen molar-refractivity contribution >= 4 is 29.1 Å². The van der Waals surface area contributed by atoms with Crippen molar-refractivity contribution in [2.24, 2.45) is 5.41 Å². The molecule has 5 nitrogen and oxygen atoms in total. The number of halogens is 2. The van der Waals surface area contributed by atoms with Crippen molar-refractivity contribution in [3.8, 4) is 11.5 Å². The average Bonchev–Trinajstić information content (AvgIpc) is 2.49. The van der Waals surface area contributed by atoms with Crippen LogP contribution in [0.3, 0.4) is 0 Å². The number of nitrogens with two attached hydrogens (primary N) is 1. The van der Waals surface area contributed by atoms with Gasteiger partial charge in [0.1, 0.15) is 17.3 Å². The number of anilines is 2. The summed E-state index contributed by atoms with van der Waals surface area (Å²) in [6.45, 7) is 6.05. The molecule has 0 aliphatic carbocycles. The standard InChI is InChI=1S/C18H20ClFN2O3/c1-18(2,3)10-22(17(23)24)16-9-12(5-7-15(16)21)25-11-4-6-14(20)13(19)8-11/h4-9H,10,21H2,1-3H3,(H,23,24). The molecule has 0 heterocycles. The van der Waals surface area contributed by atoms with Crippen LogP contribution in [0.25, 0.3) is 0 Å². The molecule has 0 saturated heterocycles. The Labute approximate surface area is 150 Å². The van der Waals surface area contributed by atoms with E-state index in [-0.39, 0.29) is 17.0 Å².